The topological polar surface area (TPSA) is 18.5 Å². The molecule has 0 fully saturated rings. The fourth-order valence-corrected chi connectivity index (χ4v) is 0.925. The number of rotatable bonds is 6. The highest BCUT2D eigenvalue weighted by Gasteiger charge is 1.85. The fraction of sp³-hybridized carbons (Fsp3) is 1.00. The molecule has 0 radical (unpaired) electrons. The number of hydrogen-bond acceptors (Lipinski definition) is 3. The van der Waals surface area contributed by atoms with Crippen molar-refractivity contribution in [3.05, 3.63) is 0 Å². The lowest BCUT2D eigenvalue weighted by atomic mass is 10.8. The molecule has 0 aromatic carbocycles. The Hall–Kier alpha value is 0.270. The van der Waals surface area contributed by atoms with Crippen LogP contribution in [0.1, 0.15) is 6.92 Å². The molecule has 0 unspecified atom stereocenters. The van der Waals surface area contributed by atoms with Gasteiger partial charge >= 0.3 is 0 Å². The van der Waals surface area contributed by atoms with Gasteiger partial charge in [0.1, 0.15) is 0 Å². The van der Waals surface area contributed by atoms with E-state index in [9.17, 15) is 0 Å². The van der Waals surface area contributed by atoms with Crippen molar-refractivity contribution < 1.29 is 9.47 Å². The molecule has 0 saturated carbocycles. The maximum absolute atomic E-state index is 5.10. The Bertz CT molecular complexity index is 44.3. The lowest BCUT2D eigenvalue weighted by Crippen LogP contribution is -1.97. The molecule has 0 aromatic rings. The summed E-state index contributed by atoms with van der Waals surface area (Å²) in [5.74, 6) is 1.80. The molecule has 0 amide bonds. The molecule has 0 bridgehead atoms. The predicted octanol–water partition coefficient (Wildman–Crippen LogP) is 1.36. The first-order valence-corrected chi connectivity index (χ1v) is 4.21. The smallest absolute Gasteiger partial charge is 0.0917 e. The third kappa shape index (κ3) is 8.27. The standard InChI is InChI=1S/C6H14O2S/c1-3-8-4-5-9-6-7-2/h3-6H2,1-2H3. The highest BCUT2D eigenvalue weighted by molar-refractivity contribution is 7.99. The molecule has 0 aromatic heterocycles. The number of methoxy groups -OCH3 is 1. The Morgan fingerprint density at radius 1 is 1.44 bits per heavy atom. The number of thioether (sulfide) groups is 1. The second kappa shape index (κ2) is 8.27. The van der Waals surface area contributed by atoms with Crippen LogP contribution in [0.25, 0.3) is 0 Å². The molecule has 0 atom stereocenters. The van der Waals surface area contributed by atoms with Crippen molar-refractivity contribution in [3.8, 4) is 0 Å². The first kappa shape index (κ1) is 9.27. The zero-order valence-corrected chi connectivity index (χ0v) is 6.87. The molecule has 0 saturated heterocycles. The largest absolute Gasteiger partial charge is 0.381 e. The van der Waals surface area contributed by atoms with Gasteiger partial charge in [0.15, 0.2) is 0 Å². The molecular formula is C6H14O2S. The minimum Gasteiger partial charge on any atom is -0.381 e. The summed E-state index contributed by atoms with van der Waals surface area (Å²) in [7, 11) is 1.70. The summed E-state index contributed by atoms with van der Waals surface area (Å²) < 4.78 is 9.93. The van der Waals surface area contributed by atoms with Gasteiger partial charge in [-0.15, -0.1) is 11.8 Å². The van der Waals surface area contributed by atoms with Crippen LogP contribution in [0.2, 0.25) is 0 Å². The molecule has 0 spiro atoms. The second-order valence-electron chi connectivity index (χ2n) is 1.51. The maximum atomic E-state index is 5.10. The van der Waals surface area contributed by atoms with E-state index < -0.39 is 0 Å². The van der Waals surface area contributed by atoms with E-state index in [0.717, 1.165) is 24.9 Å². The molecule has 0 heterocycles. The SMILES string of the molecule is CCOCCSCOC. The highest BCUT2D eigenvalue weighted by Crippen LogP contribution is 1.97. The van der Waals surface area contributed by atoms with Crippen LogP contribution in [0.3, 0.4) is 0 Å². The average molecular weight is 150 g/mol. The zero-order chi connectivity index (χ0) is 6.95. The summed E-state index contributed by atoms with van der Waals surface area (Å²) in [6.45, 7) is 3.65. The number of ether oxygens (including phenoxy) is 2. The lowest BCUT2D eigenvalue weighted by Gasteiger charge is -1.99. The van der Waals surface area contributed by atoms with Crippen molar-refractivity contribution in [2.24, 2.45) is 0 Å². The molecular weight excluding hydrogens is 136 g/mol. The molecule has 3 heteroatoms. The third-order valence-corrected chi connectivity index (χ3v) is 1.64. The van der Waals surface area contributed by atoms with Gasteiger partial charge in [-0.2, -0.15) is 0 Å². The van der Waals surface area contributed by atoms with Crippen LogP contribution >= 0.6 is 11.8 Å². The van der Waals surface area contributed by atoms with Crippen LogP contribution in [-0.4, -0.2) is 32.0 Å². The highest BCUT2D eigenvalue weighted by atomic mass is 32.2. The van der Waals surface area contributed by atoms with E-state index in [4.69, 9.17) is 9.47 Å². The first-order chi connectivity index (χ1) is 4.41. The summed E-state index contributed by atoms with van der Waals surface area (Å²) in [5.41, 5.74) is 0. The van der Waals surface area contributed by atoms with E-state index in [0.29, 0.717) is 0 Å². The van der Waals surface area contributed by atoms with Gasteiger partial charge < -0.3 is 9.47 Å². The van der Waals surface area contributed by atoms with E-state index in [-0.39, 0.29) is 0 Å². The lowest BCUT2D eigenvalue weighted by molar-refractivity contribution is 0.164. The van der Waals surface area contributed by atoms with Gasteiger partial charge in [0.2, 0.25) is 0 Å². The fourth-order valence-electron chi connectivity index (χ4n) is 0.404. The number of hydrogen-bond donors (Lipinski definition) is 0. The maximum Gasteiger partial charge on any atom is 0.0917 e. The molecule has 56 valence electrons. The first-order valence-electron chi connectivity index (χ1n) is 3.06. The van der Waals surface area contributed by atoms with Crippen LogP contribution < -0.4 is 0 Å². The summed E-state index contributed by atoms with van der Waals surface area (Å²) >= 11 is 1.75. The Balaban J connectivity index is 2.60. The van der Waals surface area contributed by atoms with Crippen molar-refractivity contribution in [1.29, 1.82) is 0 Å². The monoisotopic (exact) mass is 150 g/mol. The van der Waals surface area contributed by atoms with Gasteiger partial charge in [0, 0.05) is 19.5 Å². The van der Waals surface area contributed by atoms with Crippen molar-refractivity contribution >= 4 is 11.8 Å². The Morgan fingerprint density at radius 2 is 2.22 bits per heavy atom. The minimum absolute atomic E-state index is 0.771. The molecule has 0 aliphatic rings. The molecule has 0 N–H and O–H groups in total. The van der Waals surface area contributed by atoms with E-state index in [1.54, 1.807) is 18.9 Å². The Labute approximate surface area is 60.9 Å². The van der Waals surface area contributed by atoms with E-state index in [2.05, 4.69) is 0 Å². The van der Waals surface area contributed by atoms with Crippen molar-refractivity contribution in [2.45, 2.75) is 6.92 Å². The van der Waals surface area contributed by atoms with Crippen molar-refractivity contribution in [1.82, 2.24) is 0 Å². The normalized spacial score (nSPS) is 10.0. The van der Waals surface area contributed by atoms with Gasteiger partial charge in [0.25, 0.3) is 0 Å². The third-order valence-electron chi connectivity index (χ3n) is 0.777. The van der Waals surface area contributed by atoms with Gasteiger partial charge in [-0.1, -0.05) is 0 Å². The summed E-state index contributed by atoms with van der Waals surface area (Å²) in [5, 5.41) is 0. The van der Waals surface area contributed by atoms with E-state index >= 15 is 0 Å². The quantitative estimate of drug-likeness (QED) is 0.421. The predicted molar refractivity (Wildman–Crippen MR) is 40.8 cm³/mol. The van der Waals surface area contributed by atoms with Gasteiger partial charge in [-0.3, -0.25) is 0 Å². The van der Waals surface area contributed by atoms with Gasteiger partial charge in [-0.25, -0.2) is 0 Å². The van der Waals surface area contributed by atoms with Gasteiger partial charge in [-0.05, 0) is 6.92 Å². The molecule has 9 heavy (non-hydrogen) atoms. The average Bonchev–Trinajstić information content (AvgIpc) is 1.89. The molecule has 2 nitrogen and oxygen atoms in total. The van der Waals surface area contributed by atoms with Crippen LogP contribution in [0, 0.1) is 0 Å². The minimum atomic E-state index is 0.771. The van der Waals surface area contributed by atoms with Crippen molar-refractivity contribution in [2.75, 3.05) is 32.0 Å². The zero-order valence-electron chi connectivity index (χ0n) is 6.05. The molecule has 0 aliphatic carbocycles. The Kier molecular flexibility index (Phi) is 8.52. The van der Waals surface area contributed by atoms with E-state index in [1.807, 2.05) is 6.92 Å². The van der Waals surface area contributed by atoms with E-state index in [1.165, 1.54) is 0 Å². The summed E-state index contributed by atoms with van der Waals surface area (Å²) in [4.78, 5) is 0. The Morgan fingerprint density at radius 3 is 2.78 bits per heavy atom. The van der Waals surface area contributed by atoms with Crippen molar-refractivity contribution in [3.63, 3.8) is 0 Å². The van der Waals surface area contributed by atoms with Crippen LogP contribution in [0.5, 0.6) is 0 Å². The second-order valence-corrected chi connectivity index (χ2v) is 2.56. The molecule has 0 rings (SSSR count). The van der Waals surface area contributed by atoms with Crippen LogP contribution in [0.4, 0.5) is 0 Å². The van der Waals surface area contributed by atoms with Crippen LogP contribution in [0.15, 0.2) is 0 Å². The van der Waals surface area contributed by atoms with Gasteiger partial charge in [0.05, 0.1) is 12.5 Å². The molecule has 0 aliphatic heterocycles. The summed E-state index contributed by atoms with van der Waals surface area (Å²) in [6, 6.07) is 0. The summed E-state index contributed by atoms with van der Waals surface area (Å²) in [6.07, 6.45) is 0. The van der Waals surface area contributed by atoms with Crippen LogP contribution in [-0.2, 0) is 9.47 Å².